The first-order valence-electron chi connectivity index (χ1n) is 7.32. The van der Waals surface area contributed by atoms with Crippen LogP contribution in [0.25, 0.3) is 0 Å². The first-order valence-corrected chi connectivity index (χ1v) is 8.80. The van der Waals surface area contributed by atoms with Gasteiger partial charge in [-0.05, 0) is 43.4 Å². The Morgan fingerprint density at radius 2 is 2.05 bits per heavy atom. The van der Waals surface area contributed by atoms with Gasteiger partial charge in [-0.2, -0.15) is 0 Å². The summed E-state index contributed by atoms with van der Waals surface area (Å²) in [6, 6.07) is 5.22. The fourth-order valence-corrected chi connectivity index (χ4v) is 4.02. The highest BCUT2D eigenvalue weighted by Crippen LogP contribution is 2.24. The quantitative estimate of drug-likeness (QED) is 0.833. The average Bonchev–Trinajstić information content (AvgIpc) is 2.97. The third-order valence-electron chi connectivity index (χ3n) is 3.85. The highest BCUT2D eigenvalue weighted by Gasteiger charge is 2.21. The summed E-state index contributed by atoms with van der Waals surface area (Å²) >= 11 is 0. The Morgan fingerprint density at radius 1 is 1.33 bits per heavy atom. The second-order valence-corrected chi connectivity index (χ2v) is 7.22. The molecule has 3 N–H and O–H groups in total. The average molecular weight is 306 g/mol. The van der Waals surface area contributed by atoms with Crippen LogP contribution in [0.5, 0.6) is 0 Å². The van der Waals surface area contributed by atoms with E-state index in [0.29, 0.717) is 22.9 Å². The van der Waals surface area contributed by atoms with Gasteiger partial charge in [0.2, 0.25) is 10.0 Å². The van der Waals surface area contributed by atoms with Crippen molar-refractivity contribution in [3.8, 4) is 11.8 Å². The summed E-state index contributed by atoms with van der Waals surface area (Å²) < 4.78 is 27.6. The van der Waals surface area contributed by atoms with Crippen molar-refractivity contribution in [2.45, 2.75) is 37.5 Å². The highest BCUT2D eigenvalue weighted by molar-refractivity contribution is 7.89. The molecule has 0 aliphatic heterocycles. The zero-order valence-electron chi connectivity index (χ0n) is 12.4. The zero-order chi connectivity index (χ0) is 15.3. The predicted molar refractivity (Wildman–Crippen MR) is 84.3 cm³/mol. The predicted octanol–water partition coefficient (Wildman–Crippen LogP) is 1.77. The number of hydrogen-bond acceptors (Lipinski definition) is 3. The molecule has 21 heavy (non-hydrogen) atoms. The Labute approximate surface area is 127 Å². The van der Waals surface area contributed by atoms with Gasteiger partial charge in [-0.25, -0.2) is 13.1 Å². The minimum atomic E-state index is -3.47. The van der Waals surface area contributed by atoms with Crippen LogP contribution in [-0.4, -0.2) is 21.5 Å². The van der Waals surface area contributed by atoms with E-state index < -0.39 is 10.0 Å². The second kappa shape index (κ2) is 7.08. The number of hydrogen-bond donors (Lipinski definition) is 2. The maximum absolute atomic E-state index is 12.5. The van der Waals surface area contributed by atoms with E-state index in [0.717, 1.165) is 18.4 Å². The van der Waals surface area contributed by atoms with Gasteiger partial charge in [0.15, 0.2) is 0 Å². The smallest absolute Gasteiger partial charge is 0.240 e. The first-order chi connectivity index (χ1) is 10.0. The number of rotatable bonds is 4. The lowest BCUT2D eigenvalue weighted by atomic mass is 10.1. The van der Waals surface area contributed by atoms with Crippen LogP contribution in [0.2, 0.25) is 0 Å². The molecule has 1 aromatic carbocycles. The van der Waals surface area contributed by atoms with Crippen molar-refractivity contribution in [3.05, 3.63) is 29.3 Å². The molecule has 0 radical (unpaired) electrons. The van der Waals surface area contributed by atoms with Gasteiger partial charge in [0.05, 0.1) is 11.4 Å². The van der Waals surface area contributed by atoms with Gasteiger partial charge < -0.3 is 5.73 Å². The Morgan fingerprint density at radius 3 is 2.71 bits per heavy atom. The Bertz CT molecular complexity index is 651. The molecule has 0 heterocycles. The fraction of sp³-hybridized carbons (Fsp3) is 0.500. The van der Waals surface area contributed by atoms with Crippen molar-refractivity contribution in [1.82, 2.24) is 4.72 Å². The molecule has 5 heteroatoms. The summed E-state index contributed by atoms with van der Waals surface area (Å²) in [6.45, 7) is 2.58. The van der Waals surface area contributed by atoms with Gasteiger partial charge in [-0.3, -0.25) is 0 Å². The number of nitrogens with one attached hydrogen (secondary N) is 1. The van der Waals surface area contributed by atoms with E-state index in [4.69, 9.17) is 5.73 Å². The van der Waals surface area contributed by atoms with E-state index in [-0.39, 0.29) is 6.54 Å². The highest BCUT2D eigenvalue weighted by atomic mass is 32.2. The molecule has 0 saturated heterocycles. The minimum absolute atomic E-state index is 0.260. The summed E-state index contributed by atoms with van der Waals surface area (Å²) in [7, 11) is -3.47. The van der Waals surface area contributed by atoms with E-state index in [1.165, 1.54) is 12.8 Å². The topological polar surface area (TPSA) is 72.2 Å². The summed E-state index contributed by atoms with van der Waals surface area (Å²) in [5.74, 6) is 6.09. The molecule has 0 amide bonds. The van der Waals surface area contributed by atoms with E-state index in [1.807, 2.05) is 6.07 Å². The largest absolute Gasteiger partial charge is 0.320 e. The normalized spacial score (nSPS) is 15.7. The molecular weight excluding hydrogens is 284 g/mol. The number of sulfonamides is 1. The molecule has 1 aromatic rings. The molecule has 0 atom stereocenters. The summed E-state index contributed by atoms with van der Waals surface area (Å²) in [6.07, 6.45) is 4.64. The van der Waals surface area contributed by atoms with Gasteiger partial charge >= 0.3 is 0 Å². The minimum Gasteiger partial charge on any atom is -0.320 e. The standard InChI is InChI=1S/C16H22N2O2S/c1-13-8-9-14(7-4-10-17)11-16(13)21(19,20)18-12-15-5-2-3-6-15/h8-9,11,15,18H,2-3,5-6,10,12,17H2,1H3. The van der Waals surface area contributed by atoms with Gasteiger partial charge in [-0.1, -0.05) is 30.7 Å². The van der Waals surface area contributed by atoms with E-state index >= 15 is 0 Å². The molecule has 1 aliphatic carbocycles. The van der Waals surface area contributed by atoms with Crippen LogP contribution in [-0.2, 0) is 10.0 Å². The Balaban J connectivity index is 2.17. The van der Waals surface area contributed by atoms with Gasteiger partial charge in [0, 0.05) is 12.1 Å². The molecule has 4 nitrogen and oxygen atoms in total. The number of benzene rings is 1. The lowest BCUT2D eigenvalue weighted by molar-refractivity contribution is 0.519. The summed E-state index contributed by atoms with van der Waals surface area (Å²) in [5.41, 5.74) is 6.75. The SMILES string of the molecule is Cc1ccc(C#CCN)cc1S(=O)(=O)NCC1CCCC1. The number of nitrogens with two attached hydrogens (primary N) is 1. The van der Waals surface area contributed by atoms with Crippen LogP contribution >= 0.6 is 0 Å². The molecule has 0 unspecified atom stereocenters. The molecular formula is C16H22N2O2S. The van der Waals surface area contributed by atoms with Crippen LogP contribution in [0.15, 0.2) is 23.1 Å². The van der Waals surface area contributed by atoms with Crippen LogP contribution in [0.1, 0.15) is 36.8 Å². The molecule has 1 aliphatic rings. The summed E-state index contributed by atoms with van der Waals surface area (Å²) in [5, 5.41) is 0. The van der Waals surface area contributed by atoms with Gasteiger partial charge in [0.1, 0.15) is 0 Å². The van der Waals surface area contributed by atoms with Crippen molar-refractivity contribution in [3.63, 3.8) is 0 Å². The third kappa shape index (κ3) is 4.31. The maximum atomic E-state index is 12.5. The zero-order valence-corrected chi connectivity index (χ0v) is 13.2. The third-order valence-corrected chi connectivity index (χ3v) is 5.41. The van der Waals surface area contributed by atoms with Crippen LogP contribution in [0.4, 0.5) is 0 Å². The Kier molecular flexibility index (Phi) is 5.40. The molecule has 1 saturated carbocycles. The van der Waals surface area contributed by atoms with Crippen molar-refractivity contribution in [1.29, 1.82) is 0 Å². The molecule has 0 aromatic heterocycles. The summed E-state index contributed by atoms with van der Waals surface area (Å²) in [4.78, 5) is 0.310. The van der Waals surface area contributed by atoms with Crippen LogP contribution < -0.4 is 10.5 Å². The first kappa shape index (κ1) is 16.0. The second-order valence-electron chi connectivity index (χ2n) is 5.49. The molecule has 114 valence electrons. The lowest BCUT2D eigenvalue weighted by Gasteiger charge is -2.13. The molecule has 2 rings (SSSR count). The van der Waals surface area contributed by atoms with Crippen LogP contribution in [0.3, 0.4) is 0 Å². The molecule has 1 fully saturated rings. The van der Waals surface area contributed by atoms with Crippen LogP contribution in [0, 0.1) is 24.7 Å². The monoisotopic (exact) mass is 306 g/mol. The van der Waals surface area contributed by atoms with E-state index in [9.17, 15) is 8.42 Å². The Hall–Kier alpha value is -1.35. The van der Waals surface area contributed by atoms with Gasteiger partial charge in [-0.15, -0.1) is 0 Å². The lowest BCUT2D eigenvalue weighted by Crippen LogP contribution is -2.29. The molecule has 0 spiro atoms. The van der Waals surface area contributed by atoms with Gasteiger partial charge in [0.25, 0.3) is 0 Å². The maximum Gasteiger partial charge on any atom is 0.240 e. The van der Waals surface area contributed by atoms with Crippen molar-refractivity contribution in [2.24, 2.45) is 11.7 Å². The van der Waals surface area contributed by atoms with Crippen molar-refractivity contribution < 1.29 is 8.42 Å². The van der Waals surface area contributed by atoms with Crippen molar-refractivity contribution in [2.75, 3.05) is 13.1 Å². The fourth-order valence-electron chi connectivity index (χ4n) is 2.64. The number of aryl methyl sites for hydroxylation is 1. The van der Waals surface area contributed by atoms with E-state index in [2.05, 4.69) is 16.6 Å². The molecule has 0 bridgehead atoms. The van der Waals surface area contributed by atoms with E-state index in [1.54, 1.807) is 19.1 Å². The van der Waals surface area contributed by atoms with Crippen molar-refractivity contribution >= 4 is 10.0 Å².